The van der Waals surface area contributed by atoms with Crippen molar-refractivity contribution in [3.8, 4) is 0 Å². The van der Waals surface area contributed by atoms with Crippen LogP contribution in [0.3, 0.4) is 0 Å². The molecule has 7 heteroatoms. The van der Waals surface area contributed by atoms with Crippen molar-refractivity contribution in [2.45, 2.75) is 58.0 Å². The Morgan fingerprint density at radius 1 is 1.42 bits per heavy atom. The van der Waals surface area contributed by atoms with Gasteiger partial charge in [0.25, 0.3) is 0 Å². The number of aryl methyl sites for hydroxylation is 1. The highest BCUT2D eigenvalue weighted by atomic mass is 32.2. The van der Waals surface area contributed by atoms with Crippen LogP contribution in [-0.2, 0) is 16.6 Å². The number of nitrogens with two attached hydrogens (primary N) is 1. The number of sulfonamides is 1. The standard InChI is InChI=1S/C12H24N4O2S/c1-5-7-16-8-11(12(13)14-16)19(17,18)15-10(6-2)9(3)4/h8-10,15H,5-7H2,1-4H3,(H2,13,14). The Morgan fingerprint density at radius 3 is 2.53 bits per heavy atom. The highest BCUT2D eigenvalue weighted by Crippen LogP contribution is 2.18. The number of hydrogen-bond acceptors (Lipinski definition) is 4. The highest BCUT2D eigenvalue weighted by Gasteiger charge is 2.25. The fourth-order valence-corrected chi connectivity index (χ4v) is 3.46. The largest absolute Gasteiger partial charge is 0.381 e. The summed E-state index contributed by atoms with van der Waals surface area (Å²) >= 11 is 0. The van der Waals surface area contributed by atoms with Crippen LogP contribution in [-0.4, -0.2) is 24.2 Å². The van der Waals surface area contributed by atoms with E-state index < -0.39 is 10.0 Å². The maximum absolute atomic E-state index is 12.3. The molecule has 0 saturated carbocycles. The van der Waals surface area contributed by atoms with E-state index in [1.54, 1.807) is 4.68 Å². The molecule has 0 saturated heterocycles. The molecule has 0 aliphatic heterocycles. The summed E-state index contributed by atoms with van der Waals surface area (Å²) < 4.78 is 28.9. The van der Waals surface area contributed by atoms with Gasteiger partial charge in [0.1, 0.15) is 4.90 Å². The summed E-state index contributed by atoms with van der Waals surface area (Å²) in [5.74, 6) is 0.284. The molecule has 0 aromatic carbocycles. The molecule has 0 aliphatic carbocycles. The van der Waals surface area contributed by atoms with Gasteiger partial charge in [0.2, 0.25) is 10.0 Å². The van der Waals surface area contributed by atoms with Crippen molar-refractivity contribution in [3.63, 3.8) is 0 Å². The van der Waals surface area contributed by atoms with E-state index in [1.807, 2.05) is 27.7 Å². The molecule has 0 amide bonds. The minimum atomic E-state index is -3.60. The first-order valence-electron chi connectivity index (χ1n) is 6.67. The lowest BCUT2D eigenvalue weighted by molar-refractivity contribution is 0.437. The van der Waals surface area contributed by atoms with Crippen molar-refractivity contribution < 1.29 is 8.42 Å². The van der Waals surface area contributed by atoms with Gasteiger partial charge in [-0.15, -0.1) is 0 Å². The number of aromatic nitrogens is 2. The van der Waals surface area contributed by atoms with Crippen LogP contribution < -0.4 is 10.5 Å². The first-order chi connectivity index (χ1) is 8.81. The minimum absolute atomic E-state index is 0.0551. The van der Waals surface area contributed by atoms with Crippen molar-refractivity contribution in [1.29, 1.82) is 0 Å². The maximum atomic E-state index is 12.3. The van der Waals surface area contributed by atoms with E-state index in [0.29, 0.717) is 6.54 Å². The molecule has 1 aromatic heterocycles. The molecule has 1 atom stereocenters. The lowest BCUT2D eigenvalue weighted by Gasteiger charge is -2.20. The molecule has 1 rings (SSSR count). The second-order valence-corrected chi connectivity index (χ2v) is 6.70. The molecule has 19 heavy (non-hydrogen) atoms. The lowest BCUT2D eigenvalue weighted by Crippen LogP contribution is -2.38. The normalized spacial score (nSPS) is 13.9. The number of hydrogen-bond donors (Lipinski definition) is 2. The van der Waals surface area contributed by atoms with Gasteiger partial charge in [0.15, 0.2) is 5.82 Å². The van der Waals surface area contributed by atoms with Gasteiger partial charge in [-0.1, -0.05) is 27.7 Å². The van der Waals surface area contributed by atoms with Gasteiger partial charge in [-0.2, -0.15) is 5.10 Å². The number of nitrogens with zero attached hydrogens (tertiary/aromatic N) is 2. The quantitative estimate of drug-likeness (QED) is 0.797. The summed E-state index contributed by atoms with van der Waals surface area (Å²) in [7, 11) is -3.60. The van der Waals surface area contributed by atoms with Crippen LogP contribution in [0.25, 0.3) is 0 Å². The van der Waals surface area contributed by atoms with Gasteiger partial charge < -0.3 is 5.73 Å². The highest BCUT2D eigenvalue weighted by molar-refractivity contribution is 7.89. The van der Waals surface area contributed by atoms with Crippen LogP contribution in [0, 0.1) is 5.92 Å². The number of nitrogen functional groups attached to an aromatic ring is 1. The first-order valence-corrected chi connectivity index (χ1v) is 8.15. The average molecular weight is 288 g/mol. The lowest BCUT2D eigenvalue weighted by atomic mass is 10.0. The summed E-state index contributed by atoms with van der Waals surface area (Å²) in [6.07, 6.45) is 3.10. The number of nitrogens with one attached hydrogen (secondary N) is 1. The predicted octanol–water partition coefficient (Wildman–Crippen LogP) is 1.59. The SMILES string of the molecule is CCCn1cc(S(=O)(=O)NC(CC)C(C)C)c(N)n1. The molecule has 1 aromatic rings. The van der Waals surface area contributed by atoms with Crippen LogP contribution in [0.4, 0.5) is 5.82 Å². The van der Waals surface area contributed by atoms with Crippen LogP contribution in [0.15, 0.2) is 11.1 Å². The van der Waals surface area contributed by atoms with E-state index in [9.17, 15) is 8.42 Å². The third kappa shape index (κ3) is 3.94. The molecule has 0 fully saturated rings. The molecule has 1 heterocycles. The van der Waals surface area contributed by atoms with Gasteiger partial charge in [-0.25, -0.2) is 13.1 Å². The second-order valence-electron chi connectivity index (χ2n) is 5.02. The van der Waals surface area contributed by atoms with Gasteiger partial charge >= 0.3 is 0 Å². The monoisotopic (exact) mass is 288 g/mol. The van der Waals surface area contributed by atoms with E-state index in [2.05, 4.69) is 9.82 Å². The third-order valence-electron chi connectivity index (χ3n) is 3.05. The van der Waals surface area contributed by atoms with Crippen LogP contribution in [0.1, 0.15) is 40.5 Å². The van der Waals surface area contributed by atoms with E-state index in [1.165, 1.54) is 6.20 Å². The van der Waals surface area contributed by atoms with Crippen LogP contribution in [0.5, 0.6) is 0 Å². The predicted molar refractivity (Wildman–Crippen MR) is 76.2 cm³/mol. The molecule has 110 valence electrons. The zero-order valence-electron chi connectivity index (χ0n) is 12.0. The second kappa shape index (κ2) is 6.38. The fourth-order valence-electron chi connectivity index (χ4n) is 1.92. The molecular weight excluding hydrogens is 264 g/mol. The molecule has 3 N–H and O–H groups in total. The average Bonchev–Trinajstić information content (AvgIpc) is 2.68. The number of anilines is 1. The van der Waals surface area contributed by atoms with Crippen LogP contribution in [0.2, 0.25) is 0 Å². The first kappa shape index (κ1) is 16.0. The van der Waals surface area contributed by atoms with Gasteiger partial charge in [0, 0.05) is 18.8 Å². The third-order valence-corrected chi connectivity index (χ3v) is 4.55. The summed E-state index contributed by atoms with van der Waals surface area (Å²) in [4.78, 5) is 0.0695. The maximum Gasteiger partial charge on any atom is 0.246 e. The Morgan fingerprint density at radius 2 is 2.05 bits per heavy atom. The molecule has 6 nitrogen and oxygen atoms in total. The zero-order valence-corrected chi connectivity index (χ0v) is 12.9. The summed E-state index contributed by atoms with van der Waals surface area (Å²) in [5, 5.41) is 4.02. The summed E-state index contributed by atoms with van der Waals surface area (Å²) in [5.41, 5.74) is 5.70. The van der Waals surface area contributed by atoms with Crippen molar-refractivity contribution >= 4 is 15.8 Å². The van der Waals surface area contributed by atoms with E-state index in [4.69, 9.17) is 5.73 Å². The van der Waals surface area contributed by atoms with Gasteiger partial charge in [-0.3, -0.25) is 4.68 Å². The van der Waals surface area contributed by atoms with Crippen molar-refractivity contribution in [2.75, 3.05) is 5.73 Å². The molecule has 0 spiro atoms. The summed E-state index contributed by atoms with van der Waals surface area (Å²) in [6, 6.07) is -0.0982. The number of rotatable bonds is 7. The Labute approximate surface area is 115 Å². The van der Waals surface area contributed by atoms with Crippen LogP contribution >= 0.6 is 0 Å². The minimum Gasteiger partial charge on any atom is -0.381 e. The van der Waals surface area contributed by atoms with E-state index >= 15 is 0 Å². The zero-order chi connectivity index (χ0) is 14.6. The molecular formula is C12H24N4O2S. The smallest absolute Gasteiger partial charge is 0.246 e. The fraction of sp³-hybridized carbons (Fsp3) is 0.750. The Bertz CT molecular complexity index is 508. The molecule has 0 aliphatic rings. The Balaban J connectivity index is 2.99. The van der Waals surface area contributed by atoms with Gasteiger partial charge in [-0.05, 0) is 18.8 Å². The molecule has 0 radical (unpaired) electrons. The van der Waals surface area contributed by atoms with Crippen molar-refractivity contribution in [1.82, 2.24) is 14.5 Å². The molecule has 0 bridgehead atoms. The topological polar surface area (TPSA) is 90.0 Å². The van der Waals surface area contributed by atoms with Crippen molar-refractivity contribution in [2.24, 2.45) is 5.92 Å². The Kier molecular flexibility index (Phi) is 5.37. The molecule has 1 unspecified atom stereocenters. The van der Waals surface area contributed by atoms with Crippen molar-refractivity contribution in [3.05, 3.63) is 6.20 Å². The van der Waals surface area contributed by atoms with E-state index in [-0.39, 0.29) is 22.7 Å². The van der Waals surface area contributed by atoms with E-state index in [0.717, 1.165) is 12.8 Å². The van der Waals surface area contributed by atoms with Gasteiger partial charge in [0.05, 0.1) is 0 Å². The Hall–Kier alpha value is -1.08. The summed E-state index contributed by atoms with van der Waals surface area (Å²) in [6.45, 7) is 8.58.